The maximum absolute atomic E-state index is 12.8. The van der Waals surface area contributed by atoms with Gasteiger partial charge in [-0.15, -0.1) is 0 Å². The van der Waals surface area contributed by atoms with E-state index in [1.165, 1.54) is 16.7 Å². The first kappa shape index (κ1) is 24.2. The fraction of sp³-hybridized carbons (Fsp3) is 0.276. The molecule has 0 unspecified atom stereocenters. The summed E-state index contributed by atoms with van der Waals surface area (Å²) < 4.78 is 0. The Morgan fingerprint density at radius 1 is 0.882 bits per heavy atom. The number of aryl methyl sites for hydroxylation is 1. The molecule has 0 radical (unpaired) electrons. The number of rotatable bonds is 8. The molecule has 3 aromatic carbocycles. The van der Waals surface area contributed by atoms with Crippen molar-refractivity contribution >= 4 is 29.3 Å². The van der Waals surface area contributed by atoms with Gasteiger partial charge in [-0.1, -0.05) is 53.6 Å². The van der Waals surface area contributed by atoms with Crippen LogP contribution in [0.25, 0.3) is 17.2 Å². The molecule has 0 aliphatic heterocycles. The number of likely N-dealkylation sites (N-methyl/N-ethyl adjacent to an activating group) is 2. The van der Waals surface area contributed by atoms with Gasteiger partial charge < -0.3 is 15.1 Å². The number of halogens is 1. The molecule has 0 aromatic heterocycles. The molecule has 0 atom stereocenters. The van der Waals surface area contributed by atoms with Crippen molar-refractivity contribution in [1.29, 1.82) is 0 Å². The van der Waals surface area contributed by atoms with Gasteiger partial charge in [0.05, 0.1) is 0 Å². The minimum absolute atomic E-state index is 0.0998. The van der Waals surface area contributed by atoms with Crippen molar-refractivity contribution in [2.24, 2.45) is 0 Å². The van der Waals surface area contributed by atoms with Gasteiger partial charge in [-0.3, -0.25) is 4.79 Å². The Labute approximate surface area is 207 Å². The molecular formula is C29H32ClN3O. The minimum Gasteiger partial charge on any atom is -0.322 e. The third kappa shape index (κ3) is 6.35. The molecule has 0 saturated heterocycles. The lowest BCUT2D eigenvalue weighted by atomic mass is 9.91. The highest BCUT2D eigenvalue weighted by atomic mass is 35.5. The first-order valence-electron chi connectivity index (χ1n) is 11.7. The SMILES string of the molecule is CN(C)CCN(C)CC1=Cc2ccc(NC(=O)c3ccc(-c4ccc(Cl)cc4)cc3)cc2CC1. The van der Waals surface area contributed by atoms with Crippen molar-refractivity contribution in [3.63, 3.8) is 0 Å². The van der Waals surface area contributed by atoms with Crippen LogP contribution in [-0.2, 0) is 6.42 Å². The van der Waals surface area contributed by atoms with Crippen LogP contribution in [0.2, 0.25) is 5.02 Å². The molecule has 3 aromatic rings. The third-order valence-electron chi connectivity index (χ3n) is 6.20. The van der Waals surface area contributed by atoms with Crippen LogP contribution in [0.5, 0.6) is 0 Å². The Hall–Kier alpha value is -2.92. The van der Waals surface area contributed by atoms with Gasteiger partial charge in [-0.2, -0.15) is 0 Å². The van der Waals surface area contributed by atoms with Crippen molar-refractivity contribution in [2.45, 2.75) is 12.8 Å². The summed E-state index contributed by atoms with van der Waals surface area (Å²) in [5.74, 6) is -0.0998. The van der Waals surface area contributed by atoms with E-state index in [4.69, 9.17) is 11.6 Å². The van der Waals surface area contributed by atoms with Crippen molar-refractivity contribution < 1.29 is 4.79 Å². The molecule has 1 N–H and O–H groups in total. The predicted molar refractivity (Wildman–Crippen MR) is 144 cm³/mol. The van der Waals surface area contributed by atoms with E-state index in [1.54, 1.807) is 0 Å². The van der Waals surface area contributed by atoms with Crippen LogP contribution in [0.1, 0.15) is 27.9 Å². The molecular weight excluding hydrogens is 442 g/mol. The normalized spacial score (nSPS) is 13.1. The van der Waals surface area contributed by atoms with Crippen LogP contribution >= 0.6 is 11.6 Å². The number of hydrogen-bond acceptors (Lipinski definition) is 3. The zero-order chi connectivity index (χ0) is 24.1. The van der Waals surface area contributed by atoms with E-state index >= 15 is 0 Å². The maximum Gasteiger partial charge on any atom is 0.255 e. The molecule has 1 aliphatic rings. The standard InChI is InChI=1S/C29H32ClN3O/c1-32(2)16-17-33(3)20-21-4-5-26-19-28(15-12-25(26)18-21)31-29(34)24-8-6-22(7-9-24)23-10-13-27(30)14-11-23/h6-15,18-19H,4-5,16-17,20H2,1-3H3,(H,31,34). The molecule has 0 fully saturated rings. The number of nitrogens with zero attached hydrogens (tertiary/aromatic N) is 2. The number of amides is 1. The fourth-order valence-corrected chi connectivity index (χ4v) is 4.33. The van der Waals surface area contributed by atoms with Crippen LogP contribution in [0, 0.1) is 0 Å². The van der Waals surface area contributed by atoms with E-state index in [2.05, 4.69) is 54.5 Å². The van der Waals surface area contributed by atoms with Crippen molar-refractivity contribution in [1.82, 2.24) is 9.80 Å². The van der Waals surface area contributed by atoms with E-state index in [9.17, 15) is 4.79 Å². The predicted octanol–water partition coefficient (Wildman–Crippen LogP) is 6.08. The van der Waals surface area contributed by atoms with Crippen molar-refractivity contribution in [3.05, 3.63) is 94.0 Å². The average Bonchev–Trinajstić information content (AvgIpc) is 2.83. The Morgan fingerprint density at radius 3 is 2.24 bits per heavy atom. The largest absolute Gasteiger partial charge is 0.322 e. The zero-order valence-corrected chi connectivity index (χ0v) is 20.9. The van der Waals surface area contributed by atoms with E-state index in [-0.39, 0.29) is 5.91 Å². The Bertz CT molecular complexity index is 1170. The van der Waals surface area contributed by atoms with Gasteiger partial charge >= 0.3 is 0 Å². The highest BCUT2D eigenvalue weighted by Gasteiger charge is 2.14. The molecule has 4 nitrogen and oxygen atoms in total. The lowest BCUT2D eigenvalue weighted by Crippen LogP contribution is -2.30. The summed E-state index contributed by atoms with van der Waals surface area (Å²) in [7, 11) is 6.40. The molecule has 34 heavy (non-hydrogen) atoms. The Morgan fingerprint density at radius 2 is 1.56 bits per heavy atom. The lowest BCUT2D eigenvalue weighted by molar-refractivity contribution is 0.102. The second-order valence-electron chi connectivity index (χ2n) is 9.30. The van der Waals surface area contributed by atoms with Gasteiger partial charge in [-0.25, -0.2) is 0 Å². The van der Waals surface area contributed by atoms with Crippen molar-refractivity contribution in [2.75, 3.05) is 46.1 Å². The van der Waals surface area contributed by atoms with Crippen LogP contribution in [0.15, 0.2) is 72.3 Å². The smallest absolute Gasteiger partial charge is 0.255 e. The van der Waals surface area contributed by atoms with Crippen LogP contribution in [0.3, 0.4) is 0 Å². The van der Waals surface area contributed by atoms with Crippen LogP contribution < -0.4 is 5.32 Å². The molecule has 0 bridgehead atoms. The monoisotopic (exact) mass is 473 g/mol. The Kier molecular flexibility index (Phi) is 7.84. The number of anilines is 1. The Balaban J connectivity index is 1.38. The minimum atomic E-state index is -0.0998. The molecule has 5 heteroatoms. The summed E-state index contributed by atoms with van der Waals surface area (Å²) in [6.45, 7) is 3.12. The third-order valence-corrected chi connectivity index (χ3v) is 6.45. The number of nitrogens with one attached hydrogen (secondary N) is 1. The lowest BCUT2D eigenvalue weighted by Gasteiger charge is -2.23. The van der Waals surface area contributed by atoms with Crippen LogP contribution in [0.4, 0.5) is 5.69 Å². The van der Waals surface area contributed by atoms with Crippen LogP contribution in [-0.4, -0.2) is 56.5 Å². The zero-order valence-electron chi connectivity index (χ0n) is 20.1. The summed E-state index contributed by atoms with van der Waals surface area (Å²) in [5.41, 5.74) is 7.61. The van der Waals surface area contributed by atoms with E-state index < -0.39 is 0 Å². The van der Waals surface area contributed by atoms with Gasteiger partial charge in [-0.05, 0) is 92.6 Å². The second-order valence-corrected chi connectivity index (χ2v) is 9.73. The van der Waals surface area contributed by atoms with Gasteiger partial charge in [0.2, 0.25) is 0 Å². The van der Waals surface area contributed by atoms with Crippen molar-refractivity contribution in [3.8, 4) is 11.1 Å². The van der Waals surface area contributed by atoms with Gasteiger partial charge in [0.15, 0.2) is 0 Å². The van der Waals surface area contributed by atoms with Gasteiger partial charge in [0, 0.05) is 35.9 Å². The highest BCUT2D eigenvalue weighted by molar-refractivity contribution is 6.30. The number of benzene rings is 3. The average molecular weight is 474 g/mol. The molecule has 1 amide bonds. The maximum atomic E-state index is 12.8. The summed E-state index contributed by atoms with van der Waals surface area (Å²) in [5, 5.41) is 3.77. The molecule has 0 spiro atoms. The molecule has 0 heterocycles. The number of carbonyl (C=O) groups is 1. The number of fused-ring (bicyclic) bond motifs is 1. The van der Waals surface area contributed by atoms with E-state index in [0.717, 1.165) is 49.3 Å². The molecule has 176 valence electrons. The fourth-order valence-electron chi connectivity index (χ4n) is 4.21. The molecule has 0 saturated carbocycles. The summed E-state index contributed by atoms with van der Waals surface area (Å²) >= 11 is 5.98. The first-order chi connectivity index (χ1) is 16.4. The van der Waals surface area contributed by atoms with E-state index in [1.807, 2.05) is 54.6 Å². The first-order valence-corrected chi connectivity index (χ1v) is 12.1. The topological polar surface area (TPSA) is 35.6 Å². The van der Waals surface area contributed by atoms with Gasteiger partial charge in [0.25, 0.3) is 5.91 Å². The number of carbonyl (C=O) groups excluding carboxylic acids is 1. The summed E-state index contributed by atoms with van der Waals surface area (Å²) in [6, 6.07) is 21.6. The summed E-state index contributed by atoms with van der Waals surface area (Å²) in [6.07, 6.45) is 4.37. The quantitative estimate of drug-likeness (QED) is 0.430. The molecule has 1 aliphatic carbocycles. The second kappa shape index (κ2) is 11.0. The van der Waals surface area contributed by atoms with E-state index in [0.29, 0.717) is 10.6 Å². The van der Waals surface area contributed by atoms with Gasteiger partial charge in [0.1, 0.15) is 0 Å². The molecule has 4 rings (SSSR count). The number of hydrogen-bond donors (Lipinski definition) is 1. The summed E-state index contributed by atoms with van der Waals surface area (Å²) in [4.78, 5) is 17.4. The highest BCUT2D eigenvalue weighted by Crippen LogP contribution is 2.27.